The van der Waals surface area contributed by atoms with Crippen LogP contribution in [-0.4, -0.2) is 28.6 Å². The normalized spacial score (nSPS) is 13.6. The van der Waals surface area contributed by atoms with Gasteiger partial charge in [-0.3, -0.25) is 5.41 Å². The van der Waals surface area contributed by atoms with Gasteiger partial charge >= 0.3 is 0 Å². The lowest BCUT2D eigenvalue weighted by molar-refractivity contribution is 0.363. The Balaban J connectivity index is 2.87. The Kier molecular flexibility index (Phi) is 7.92. The fourth-order valence-corrected chi connectivity index (χ4v) is 2.47. The van der Waals surface area contributed by atoms with E-state index < -0.39 is 0 Å². The van der Waals surface area contributed by atoms with E-state index in [1.807, 2.05) is 36.2 Å². The number of hydrogen-bond donors (Lipinski definition) is 1. The molecular formula is C17H21Cl2N3. The van der Waals surface area contributed by atoms with E-state index in [4.69, 9.17) is 28.6 Å². The molecule has 1 N–H and O–H groups in total. The Labute approximate surface area is 142 Å². The molecule has 0 aliphatic carbocycles. The van der Waals surface area contributed by atoms with Crippen molar-refractivity contribution in [2.75, 3.05) is 7.05 Å². The van der Waals surface area contributed by atoms with Gasteiger partial charge in [0, 0.05) is 13.1 Å². The predicted octanol–water partition coefficient (Wildman–Crippen LogP) is 5.12. The Morgan fingerprint density at radius 2 is 2.00 bits per heavy atom. The summed E-state index contributed by atoms with van der Waals surface area (Å²) in [5.41, 5.74) is 2.22. The van der Waals surface area contributed by atoms with Crippen LogP contribution in [0.1, 0.15) is 25.3 Å². The standard InChI is InChI=1S/C17H21Cl2N3/c1-4-13(14-9-7-6-8-10-14)11-12-15(5-2)22(3)17(19)21-16(18)20/h4,6-11,15,20H,1,5,12H2,2-3H3/b13-11+,20-16?,21-17?/t15-/m0/s1. The lowest BCUT2D eigenvalue weighted by atomic mass is 10.0. The summed E-state index contributed by atoms with van der Waals surface area (Å²) in [6.45, 7) is 5.97. The zero-order chi connectivity index (χ0) is 16.5. The number of hydrogen-bond acceptors (Lipinski definition) is 1. The SMILES string of the molecule is C=C/C(=C\C[C@H](CC)N(C)C(Cl)=NC(=N)Cl)c1ccccc1. The van der Waals surface area contributed by atoms with Gasteiger partial charge in [-0.1, -0.05) is 56.0 Å². The second kappa shape index (κ2) is 9.44. The van der Waals surface area contributed by atoms with Crippen LogP contribution in [0.2, 0.25) is 0 Å². The maximum Gasteiger partial charge on any atom is 0.217 e. The molecule has 1 aromatic rings. The minimum Gasteiger partial charge on any atom is -0.347 e. The highest BCUT2D eigenvalue weighted by molar-refractivity contribution is 6.70. The zero-order valence-corrected chi connectivity index (χ0v) is 14.4. The molecule has 0 unspecified atom stereocenters. The molecule has 0 heterocycles. The molecule has 0 aromatic heterocycles. The third-order valence-electron chi connectivity index (χ3n) is 3.44. The van der Waals surface area contributed by atoms with Crippen molar-refractivity contribution >= 4 is 39.4 Å². The summed E-state index contributed by atoms with van der Waals surface area (Å²) in [5.74, 6) is 0. The number of aliphatic imine (C=N–C) groups is 1. The van der Waals surface area contributed by atoms with Gasteiger partial charge in [0.05, 0.1) is 0 Å². The molecule has 0 saturated heterocycles. The monoisotopic (exact) mass is 337 g/mol. The van der Waals surface area contributed by atoms with Crippen molar-refractivity contribution in [3.8, 4) is 0 Å². The molecule has 0 aliphatic heterocycles. The summed E-state index contributed by atoms with van der Waals surface area (Å²) >= 11 is 11.5. The van der Waals surface area contributed by atoms with Gasteiger partial charge in [0.15, 0.2) is 0 Å². The molecule has 0 spiro atoms. The van der Waals surface area contributed by atoms with Crippen LogP contribution in [-0.2, 0) is 0 Å². The minimum absolute atomic E-state index is 0.172. The van der Waals surface area contributed by atoms with Crippen LogP contribution in [0.5, 0.6) is 0 Å². The van der Waals surface area contributed by atoms with Crippen LogP contribution in [0.4, 0.5) is 0 Å². The largest absolute Gasteiger partial charge is 0.347 e. The molecule has 22 heavy (non-hydrogen) atoms. The number of rotatable bonds is 6. The van der Waals surface area contributed by atoms with Gasteiger partial charge in [0.25, 0.3) is 0 Å². The van der Waals surface area contributed by atoms with Crippen molar-refractivity contribution in [2.24, 2.45) is 4.99 Å². The Morgan fingerprint density at radius 3 is 2.50 bits per heavy atom. The van der Waals surface area contributed by atoms with Crippen molar-refractivity contribution in [3.05, 3.63) is 54.6 Å². The number of nitrogens with one attached hydrogen (secondary N) is 1. The smallest absolute Gasteiger partial charge is 0.217 e. The minimum atomic E-state index is -0.321. The highest BCUT2D eigenvalue weighted by atomic mass is 35.5. The number of nitrogens with zero attached hydrogens (tertiary/aromatic N) is 2. The van der Waals surface area contributed by atoms with Crippen molar-refractivity contribution in [1.82, 2.24) is 4.90 Å². The number of amidine groups is 2. The average molecular weight is 338 g/mol. The van der Waals surface area contributed by atoms with Crippen molar-refractivity contribution in [2.45, 2.75) is 25.8 Å². The molecule has 3 nitrogen and oxygen atoms in total. The molecule has 0 radical (unpaired) electrons. The van der Waals surface area contributed by atoms with Gasteiger partial charge in [-0.2, -0.15) is 4.99 Å². The van der Waals surface area contributed by atoms with Crippen LogP contribution in [0.15, 0.2) is 54.1 Å². The molecule has 118 valence electrons. The predicted molar refractivity (Wildman–Crippen MR) is 97.9 cm³/mol. The maximum atomic E-state index is 7.17. The van der Waals surface area contributed by atoms with E-state index in [0.29, 0.717) is 0 Å². The van der Waals surface area contributed by atoms with E-state index in [1.165, 1.54) is 0 Å². The van der Waals surface area contributed by atoms with E-state index in [1.54, 1.807) is 0 Å². The van der Waals surface area contributed by atoms with Gasteiger partial charge < -0.3 is 4.90 Å². The fourth-order valence-electron chi connectivity index (χ4n) is 2.12. The highest BCUT2D eigenvalue weighted by Crippen LogP contribution is 2.19. The van der Waals surface area contributed by atoms with E-state index >= 15 is 0 Å². The first-order valence-electron chi connectivity index (χ1n) is 7.08. The number of benzene rings is 1. The molecule has 1 aromatic carbocycles. The molecule has 1 rings (SSSR count). The second-order valence-corrected chi connectivity index (χ2v) is 5.51. The topological polar surface area (TPSA) is 39.5 Å². The van der Waals surface area contributed by atoms with Crippen LogP contribution < -0.4 is 0 Å². The molecule has 1 atom stereocenters. The molecule has 0 saturated carbocycles. The molecule has 0 aliphatic rings. The fraction of sp³-hybridized carbons (Fsp3) is 0.294. The summed E-state index contributed by atoms with van der Waals surface area (Å²) in [4.78, 5) is 5.60. The van der Waals surface area contributed by atoms with E-state index in [-0.39, 0.29) is 16.6 Å². The summed E-state index contributed by atoms with van der Waals surface area (Å²) in [5, 5.41) is 7.07. The second-order valence-electron chi connectivity index (χ2n) is 4.81. The molecule has 0 fully saturated rings. The number of allylic oxidation sites excluding steroid dienone is 2. The van der Waals surface area contributed by atoms with Crippen LogP contribution in [0, 0.1) is 5.41 Å². The lowest BCUT2D eigenvalue weighted by Gasteiger charge is -2.26. The highest BCUT2D eigenvalue weighted by Gasteiger charge is 2.15. The first-order valence-corrected chi connectivity index (χ1v) is 7.84. The van der Waals surface area contributed by atoms with Gasteiger partial charge in [0.2, 0.25) is 10.6 Å². The third kappa shape index (κ3) is 5.66. The molecular weight excluding hydrogens is 317 g/mol. The summed E-state index contributed by atoms with van der Waals surface area (Å²) in [6, 6.07) is 10.3. The van der Waals surface area contributed by atoms with Crippen LogP contribution >= 0.6 is 23.2 Å². The van der Waals surface area contributed by atoms with Crippen molar-refractivity contribution in [1.29, 1.82) is 5.41 Å². The summed E-state index contributed by atoms with van der Waals surface area (Å²) in [6.07, 6.45) is 5.69. The van der Waals surface area contributed by atoms with Gasteiger partial charge in [-0.15, -0.1) is 0 Å². The summed E-state index contributed by atoms with van der Waals surface area (Å²) in [7, 11) is 1.85. The van der Waals surface area contributed by atoms with Gasteiger partial charge in [0.1, 0.15) is 0 Å². The van der Waals surface area contributed by atoms with E-state index in [0.717, 1.165) is 24.0 Å². The molecule has 5 heteroatoms. The third-order valence-corrected chi connectivity index (χ3v) is 3.87. The van der Waals surface area contributed by atoms with Crippen molar-refractivity contribution in [3.63, 3.8) is 0 Å². The lowest BCUT2D eigenvalue weighted by Crippen LogP contribution is -2.34. The summed E-state index contributed by atoms with van der Waals surface area (Å²) < 4.78 is 0. The number of halogens is 2. The average Bonchev–Trinajstić information content (AvgIpc) is 2.51. The molecule has 0 bridgehead atoms. The Hall–Kier alpha value is -1.58. The first-order chi connectivity index (χ1) is 10.5. The van der Waals surface area contributed by atoms with Crippen LogP contribution in [0.25, 0.3) is 5.57 Å². The van der Waals surface area contributed by atoms with E-state index in [9.17, 15) is 0 Å². The Bertz CT molecular complexity index is 565. The van der Waals surface area contributed by atoms with E-state index in [2.05, 4.69) is 36.7 Å². The Morgan fingerprint density at radius 1 is 1.36 bits per heavy atom. The maximum absolute atomic E-state index is 7.17. The van der Waals surface area contributed by atoms with Crippen LogP contribution in [0.3, 0.4) is 0 Å². The molecule has 0 amide bonds. The van der Waals surface area contributed by atoms with Gasteiger partial charge in [-0.05, 0) is 47.2 Å². The van der Waals surface area contributed by atoms with Gasteiger partial charge in [-0.25, -0.2) is 0 Å². The first kappa shape index (κ1) is 18.5. The zero-order valence-electron chi connectivity index (χ0n) is 12.9. The quantitative estimate of drug-likeness (QED) is 0.332. The van der Waals surface area contributed by atoms with Crippen molar-refractivity contribution < 1.29 is 0 Å².